The number of carbonyl (C=O) groups is 1. The van der Waals surface area contributed by atoms with E-state index < -0.39 is 0 Å². The van der Waals surface area contributed by atoms with Crippen LogP contribution in [0.15, 0.2) is 57.4 Å². The molecule has 0 aliphatic rings. The Morgan fingerprint density at radius 1 is 1.07 bits per heavy atom. The molecule has 1 amide bonds. The summed E-state index contributed by atoms with van der Waals surface area (Å²) in [6.07, 6.45) is 0. The second-order valence-electron chi connectivity index (χ2n) is 7.02. The standard InChI is InChI=1S/C22H22N2O4/c1-14-8-9-15(27-14)12-24(2)13-22(25)23-18-11-20-17(10-21(18)26-3)16-6-4-5-7-19(16)28-20/h4-11H,12-13H2,1-3H3,(H,23,25)/p+1. The lowest BCUT2D eigenvalue weighted by atomic mass is 10.1. The fraction of sp³-hybridized carbons (Fsp3) is 0.227. The Balaban J connectivity index is 1.52. The number of hydrogen-bond acceptors (Lipinski definition) is 4. The Kier molecular flexibility index (Phi) is 4.79. The molecule has 0 spiro atoms. The molecule has 1 atom stereocenters. The van der Waals surface area contributed by atoms with Gasteiger partial charge in [-0.1, -0.05) is 18.2 Å². The van der Waals surface area contributed by atoms with Crippen molar-refractivity contribution < 1.29 is 23.3 Å². The third kappa shape index (κ3) is 3.59. The van der Waals surface area contributed by atoms with Gasteiger partial charge >= 0.3 is 0 Å². The predicted molar refractivity (Wildman–Crippen MR) is 108 cm³/mol. The molecule has 0 radical (unpaired) electrons. The summed E-state index contributed by atoms with van der Waals surface area (Å²) >= 11 is 0. The number of aryl methyl sites for hydroxylation is 1. The molecule has 2 N–H and O–H groups in total. The van der Waals surface area contributed by atoms with Gasteiger partial charge in [0, 0.05) is 16.8 Å². The second-order valence-corrected chi connectivity index (χ2v) is 7.02. The average molecular weight is 379 g/mol. The summed E-state index contributed by atoms with van der Waals surface area (Å²) in [7, 11) is 3.55. The molecule has 28 heavy (non-hydrogen) atoms. The van der Waals surface area contributed by atoms with Crippen molar-refractivity contribution in [3.8, 4) is 5.75 Å². The molecule has 2 aromatic heterocycles. The number of ether oxygens (including phenoxy) is 1. The number of likely N-dealkylation sites (N-methyl/N-ethyl adjacent to an activating group) is 1. The van der Waals surface area contributed by atoms with Gasteiger partial charge in [-0.3, -0.25) is 4.79 Å². The van der Waals surface area contributed by atoms with E-state index in [-0.39, 0.29) is 5.91 Å². The van der Waals surface area contributed by atoms with Crippen LogP contribution in [0.5, 0.6) is 5.75 Å². The zero-order valence-electron chi connectivity index (χ0n) is 16.2. The number of carbonyl (C=O) groups excluding carboxylic acids is 1. The molecule has 0 saturated carbocycles. The van der Waals surface area contributed by atoms with Crippen LogP contribution in [0.2, 0.25) is 0 Å². The van der Waals surface area contributed by atoms with Crippen LogP contribution < -0.4 is 15.0 Å². The van der Waals surface area contributed by atoms with Gasteiger partial charge in [-0.2, -0.15) is 0 Å². The van der Waals surface area contributed by atoms with E-state index in [1.54, 1.807) is 7.11 Å². The summed E-state index contributed by atoms with van der Waals surface area (Å²) in [6, 6.07) is 15.4. The summed E-state index contributed by atoms with van der Waals surface area (Å²) in [5, 5.41) is 4.92. The number of rotatable bonds is 6. The first-order chi connectivity index (χ1) is 13.5. The van der Waals surface area contributed by atoms with Gasteiger partial charge in [0.1, 0.15) is 29.2 Å². The number of benzene rings is 2. The number of anilines is 1. The zero-order chi connectivity index (χ0) is 19.7. The zero-order valence-corrected chi connectivity index (χ0v) is 16.2. The Hall–Kier alpha value is -3.25. The highest BCUT2D eigenvalue weighted by Gasteiger charge is 2.17. The Bertz CT molecular complexity index is 1140. The van der Waals surface area contributed by atoms with E-state index in [1.807, 2.05) is 62.5 Å². The van der Waals surface area contributed by atoms with E-state index in [2.05, 4.69) is 5.32 Å². The van der Waals surface area contributed by atoms with E-state index in [4.69, 9.17) is 13.6 Å². The molecular weight excluding hydrogens is 356 g/mol. The molecule has 144 valence electrons. The Morgan fingerprint density at radius 2 is 1.89 bits per heavy atom. The number of nitrogens with one attached hydrogen (secondary N) is 2. The third-order valence-electron chi connectivity index (χ3n) is 4.71. The minimum Gasteiger partial charge on any atom is -0.495 e. The van der Waals surface area contributed by atoms with Gasteiger partial charge in [-0.25, -0.2) is 0 Å². The maximum atomic E-state index is 12.5. The molecule has 2 aromatic carbocycles. The molecular formula is C22H23N2O4+. The first kappa shape index (κ1) is 18.1. The van der Waals surface area contributed by atoms with Gasteiger partial charge in [0.15, 0.2) is 12.3 Å². The summed E-state index contributed by atoms with van der Waals surface area (Å²) in [5.41, 5.74) is 2.12. The molecule has 0 aliphatic heterocycles. The number of quaternary nitrogens is 1. The van der Waals surface area contributed by atoms with E-state index in [1.165, 1.54) is 0 Å². The van der Waals surface area contributed by atoms with Crippen LogP contribution in [0, 0.1) is 6.92 Å². The highest BCUT2D eigenvalue weighted by Crippen LogP contribution is 2.36. The van der Waals surface area contributed by atoms with Crippen molar-refractivity contribution in [1.82, 2.24) is 0 Å². The average Bonchev–Trinajstić information content (AvgIpc) is 3.23. The molecule has 2 heterocycles. The van der Waals surface area contributed by atoms with E-state index in [0.29, 0.717) is 30.1 Å². The van der Waals surface area contributed by atoms with Crippen LogP contribution in [0.25, 0.3) is 21.9 Å². The monoisotopic (exact) mass is 379 g/mol. The number of para-hydroxylation sites is 1. The maximum absolute atomic E-state index is 12.5. The molecule has 0 aliphatic carbocycles. The van der Waals surface area contributed by atoms with Crippen LogP contribution in [0.3, 0.4) is 0 Å². The fourth-order valence-electron chi connectivity index (χ4n) is 3.43. The van der Waals surface area contributed by atoms with Crippen LogP contribution >= 0.6 is 0 Å². The first-order valence-electron chi connectivity index (χ1n) is 9.19. The van der Waals surface area contributed by atoms with Crippen LogP contribution in [0.1, 0.15) is 11.5 Å². The van der Waals surface area contributed by atoms with Gasteiger partial charge in [-0.05, 0) is 31.2 Å². The van der Waals surface area contributed by atoms with Gasteiger partial charge in [0.05, 0.1) is 19.8 Å². The van der Waals surface area contributed by atoms with Crippen LogP contribution in [-0.4, -0.2) is 26.6 Å². The predicted octanol–water partition coefficient (Wildman–Crippen LogP) is 3.15. The van der Waals surface area contributed by atoms with Crippen LogP contribution in [0.4, 0.5) is 5.69 Å². The lowest BCUT2D eigenvalue weighted by molar-refractivity contribution is -0.886. The van der Waals surface area contributed by atoms with Crippen molar-refractivity contribution in [3.63, 3.8) is 0 Å². The van der Waals surface area contributed by atoms with Crippen molar-refractivity contribution in [2.75, 3.05) is 26.0 Å². The molecule has 6 heteroatoms. The fourth-order valence-corrected chi connectivity index (χ4v) is 3.43. The Labute approximate surface area is 162 Å². The van der Waals surface area contributed by atoms with Gasteiger partial charge < -0.3 is 23.8 Å². The largest absolute Gasteiger partial charge is 0.495 e. The topological polar surface area (TPSA) is 69.0 Å². The van der Waals surface area contributed by atoms with E-state index in [0.717, 1.165) is 32.8 Å². The van der Waals surface area contributed by atoms with E-state index >= 15 is 0 Å². The summed E-state index contributed by atoms with van der Waals surface area (Å²) in [6.45, 7) is 2.86. The number of methoxy groups -OCH3 is 1. The van der Waals surface area contributed by atoms with Gasteiger partial charge in [0.25, 0.3) is 5.91 Å². The highest BCUT2D eigenvalue weighted by atomic mass is 16.5. The number of hydrogen-bond donors (Lipinski definition) is 2. The minimum atomic E-state index is -0.102. The highest BCUT2D eigenvalue weighted by molar-refractivity contribution is 6.07. The van der Waals surface area contributed by atoms with Gasteiger partial charge in [0.2, 0.25) is 0 Å². The molecule has 0 saturated heterocycles. The number of amides is 1. The maximum Gasteiger partial charge on any atom is 0.279 e. The normalized spacial score (nSPS) is 12.4. The Morgan fingerprint density at radius 3 is 2.64 bits per heavy atom. The van der Waals surface area contributed by atoms with Crippen LogP contribution in [-0.2, 0) is 11.3 Å². The SMILES string of the molecule is COc1cc2c(cc1NC(=O)C[NH+](C)Cc1ccc(C)o1)oc1ccccc12. The van der Waals surface area contributed by atoms with Crippen molar-refractivity contribution >= 4 is 33.5 Å². The molecule has 4 aromatic rings. The minimum absolute atomic E-state index is 0.102. The number of fused-ring (bicyclic) bond motifs is 3. The van der Waals surface area contributed by atoms with Crippen molar-refractivity contribution in [3.05, 3.63) is 60.1 Å². The van der Waals surface area contributed by atoms with Gasteiger partial charge in [-0.15, -0.1) is 0 Å². The summed E-state index contributed by atoms with van der Waals surface area (Å²) in [4.78, 5) is 13.6. The van der Waals surface area contributed by atoms with Crippen molar-refractivity contribution in [2.45, 2.75) is 13.5 Å². The smallest absolute Gasteiger partial charge is 0.279 e. The first-order valence-corrected chi connectivity index (χ1v) is 9.19. The van der Waals surface area contributed by atoms with Crippen molar-refractivity contribution in [1.29, 1.82) is 0 Å². The summed E-state index contributed by atoms with van der Waals surface area (Å²) < 4.78 is 17.0. The van der Waals surface area contributed by atoms with E-state index in [9.17, 15) is 4.79 Å². The quantitative estimate of drug-likeness (QED) is 0.540. The van der Waals surface area contributed by atoms with Crippen molar-refractivity contribution in [2.24, 2.45) is 0 Å². The number of furan rings is 2. The lowest BCUT2D eigenvalue weighted by Crippen LogP contribution is -3.08. The molecule has 1 unspecified atom stereocenters. The third-order valence-corrected chi connectivity index (χ3v) is 4.71. The second kappa shape index (κ2) is 7.40. The molecule has 0 fully saturated rings. The molecule has 6 nitrogen and oxygen atoms in total. The lowest BCUT2D eigenvalue weighted by Gasteiger charge is -2.14. The molecule has 0 bridgehead atoms. The summed E-state index contributed by atoms with van der Waals surface area (Å²) in [5.74, 6) is 2.24. The molecule has 4 rings (SSSR count).